The molecule has 1 rings (SSSR count). The van der Waals surface area contributed by atoms with Crippen LogP contribution in [-0.2, 0) is 9.47 Å². The second kappa shape index (κ2) is 18.9. The Bertz CT molecular complexity index is 147. The molecule has 0 radical (unpaired) electrons. The number of ether oxygens (including phenoxy) is 2. The van der Waals surface area contributed by atoms with Crippen molar-refractivity contribution in [3.63, 3.8) is 0 Å². The molecule has 112 valence electrons. The predicted octanol–water partition coefficient (Wildman–Crippen LogP) is 4.55. The molecule has 18 heavy (non-hydrogen) atoms. The molecule has 1 fully saturated rings. The lowest BCUT2D eigenvalue weighted by Gasteiger charge is -2.18. The quantitative estimate of drug-likeness (QED) is 0.682. The summed E-state index contributed by atoms with van der Waals surface area (Å²) < 4.78 is 10.1. The van der Waals surface area contributed by atoms with E-state index >= 15 is 0 Å². The Morgan fingerprint density at radius 2 is 1.61 bits per heavy atom. The Morgan fingerprint density at radius 1 is 1.22 bits per heavy atom. The molecule has 3 nitrogen and oxygen atoms in total. The van der Waals surface area contributed by atoms with Gasteiger partial charge in [-0.05, 0) is 32.4 Å². The van der Waals surface area contributed by atoms with Crippen molar-refractivity contribution in [2.45, 2.75) is 67.6 Å². The highest BCUT2D eigenvalue weighted by molar-refractivity contribution is 5.52. The highest BCUT2D eigenvalue weighted by Gasteiger charge is 2.05. The maximum atomic E-state index is 5.06. The van der Waals surface area contributed by atoms with Crippen molar-refractivity contribution in [3.05, 3.63) is 0 Å². The van der Waals surface area contributed by atoms with Gasteiger partial charge in [0.25, 0.3) is 0 Å². The fourth-order valence-electron chi connectivity index (χ4n) is 0.894. The van der Waals surface area contributed by atoms with Gasteiger partial charge in [0.05, 0.1) is 13.2 Å². The highest BCUT2D eigenvalue weighted by atomic mass is 16.7. The van der Waals surface area contributed by atoms with Crippen LogP contribution in [0.25, 0.3) is 0 Å². The normalized spacial score (nSPS) is 15.3. The molecule has 1 aliphatic heterocycles. The largest absolute Gasteiger partial charge is 0.353 e. The lowest BCUT2D eigenvalue weighted by atomic mass is 10.1. The van der Waals surface area contributed by atoms with Crippen LogP contribution in [0.3, 0.4) is 0 Å². The van der Waals surface area contributed by atoms with Crippen LogP contribution >= 0.6 is 0 Å². The third-order valence-electron chi connectivity index (χ3n) is 2.65. The number of rotatable bonds is 2. The summed E-state index contributed by atoms with van der Waals surface area (Å²) in [5.74, 6) is 0.935. The molecule has 1 heterocycles. The molecule has 0 amide bonds. The van der Waals surface area contributed by atoms with Crippen LogP contribution in [0.4, 0.5) is 0 Å². The topological polar surface area (TPSA) is 30.8 Å². The SMILES string of the molecule is C.CC1OCCCO1.CC=NC.CCC(C)CC. The standard InChI is InChI=1S/C6H14.C5H10O2.C3H7N.CH4/c1-4-6(3)5-2;1-5-6-3-2-4-7-5;1-3-4-2;/h6H,4-5H2,1-3H3;5H,2-4H2,1H3;3H,1-2H3;1H4. The van der Waals surface area contributed by atoms with Crippen LogP contribution in [0.1, 0.15) is 61.3 Å². The summed E-state index contributed by atoms with van der Waals surface area (Å²) >= 11 is 0. The van der Waals surface area contributed by atoms with Gasteiger partial charge in [-0.15, -0.1) is 0 Å². The first-order valence-corrected chi connectivity index (χ1v) is 6.72. The van der Waals surface area contributed by atoms with Crippen LogP contribution in [0, 0.1) is 5.92 Å². The van der Waals surface area contributed by atoms with E-state index in [1.165, 1.54) is 12.8 Å². The fraction of sp³-hybridized carbons (Fsp3) is 0.933. The van der Waals surface area contributed by atoms with Crippen LogP contribution in [0.2, 0.25) is 0 Å². The summed E-state index contributed by atoms with van der Waals surface area (Å²) in [4.78, 5) is 3.61. The Balaban J connectivity index is -0.000000190. The molecule has 0 spiro atoms. The highest BCUT2D eigenvalue weighted by Crippen LogP contribution is 2.03. The Labute approximate surface area is 115 Å². The Kier molecular flexibility index (Phi) is 23.9. The molecule has 1 saturated heterocycles. The number of aliphatic imine (C=N–C) groups is 1. The van der Waals surface area contributed by atoms with Gasteiger partial charge in [0.15, 0.2) is 6.29 Å². The van der Waals surface area contributed by atoms with Gasteiger partial charge in [-0.3, -0.25) is 0 Å². The lowest BCUT2D eigenvalue weighted by Crippen LogP contribution is -2.21. The molecule has 0 aromatic rings. The molecule has 0 aliphatic carbocycles. The van der Waals surface area contributed by atoms with Crippen molar-refractivity contribution >= 4 is 6.21 Å². The molecular weight excluding hydrogens is 226 g/mol. The Hall–Kier alpha value is -0.410. The summed E-state index contributed by atoms with van der Waals surface area (Å²) in [6.45, 7) is 12.3. The fourth-order valence-corrected chi connectivity index (χ4v) is 0.894. The third kappa shape index (κ3) is 20.9. The van der Waals surface area contributed by atoms with Gasteiger partial charge in [-0.25, -0.2) is 0 Å². The van der Waals surface area contributed by atoms with E-state index in [2.05, 4.69) is 25.8 Å². The van der Waals surface area contributed by atoms with Crippen molar-refractivity contribution in [3.8, 4) is 0 Å². The summed E-state index contributed by atoms with van der Waals surface area (Å²) in [5.41, 5.74) is 0. The molecule has 0 aromatic carbocycles. The molecule has 1 aliphatic rings. The van der Waals surface area contributed by atoms with Gasteiger partial charge in [0, 0.05) is 7.05 Å². The molecule has 3 heteroatoms. The summed E-state index contributed by atoms with van der Waals surface area (Å²) in [6, 6.07) is 0. The minimum Gasteiger partial charge on any atom is -0.353 e. The van der Waals surface area contributed by atoms with Gasteiger partial charge in [0.1, 0.15) is 0 Å². The zero-order valence-corrected chi connectivity index (χ0v) is 12.5. The van der Waals surface area contributed by atoms with Crippen LogP contribution < -0.4 is 0 Å². The van der Waals surface area contributed by atoms with Crippen molar-refractivity contribution in [1.29, 1.82) is 0 Å². The number of nitrogens with zero attached hydrogens (tertiary/aromatic N) is 1. The van der Waals surface area contributed by atoms with E-state index in [1.54, 1.807) is 13.3 Å². The van der Waals surface area contributed by atoms with E-state index < -0.39 is 0 Å². The van der Waals surface area contributed by atoms with E-state index in [0.29, 0.717) is 0 Å². The second-order valence-corrected chi connectivity index (χ2v) is 4.10. The summed E-state index contributed by atoms with van der Waals surface area (Å²) in [5, 5.41) is 0. The van der Waals surface area contributed by atoms with Gasteiger partial charge in [0.2, 0.25) is 0 Å². The van der Waals surface area contributed by atoms with Crippen molar-refractivity contribution in [2.24, 2.45) is 10.9 Å². The van der Waals surface area contributed by atoms with Gasteiger partial charge in [-0.1, -0.05) is 41.0 Å². The minimum absolute atomic E-state index is 0. The van der Waals surface area contributed by atoms with Crippen LogP contribution in [0.5, 0.6) is 0 Å². The maximum absolute atomic E-state index is 5.06. The van der Waals surface area contributed by atoms with E-state index in [4.69, 9.17) is 9.47 Å². The third-order valence-corrected chi connectivity index (χ3v) is 2.65. The zero-order chi connectivity index (χ0) is 13.5. The molecule has 0 unspecified atom stereocenters. The monoisotopic (exact) mass is 261 g/mol. The van der Waals surface area contributed by atoms with E-state index in [1.807, 2.05) is 13.8 Å². The Morgan fingerprint density at radius 3 is 1.72 bits per heavy atom. The predicted molar refractivity (Wildman–Crippen MR) is 82.6 cm³/mol. The number of hydrogen-bond acceptors (Lipinski definition) is 3. The first kappa shape index (κ1) is 22.7. The lowest BCUT2D eigenvalue weighted by molar-refractivity contribution is -0.167. The summed E-state index contributed by atoms with van der Waals surface area (Å²) in [7, 11) is 1.75. The van der Waals surface area contributed by atoms with Gasteiger partial charge in [-0.2, -0.15) is 0 Å². The minimum atomic E-state index is 0. The van der Waals surface area contributed by atoms with Crippen LogP contribution in [-0.4, -0.2) is 32.8 Å². The molecule has 0 bridgehead atoms. The average molecular weight is 261 g/mol. The average Bonchev–Trinajstić information content (AvgIpc) is 2.39. The zero-order valence-electron chi connectivity index (χ0n) is 12.5. The molecular formula is C15H35NO2. The van der Waals surface area contributed by atoms with E-state index in [0.717, 1.165) is 25.6 Å². The van der Waals surface area contributed by atoms with E-state index in [9.17, 15) is 0 Å². The molecule has 0 N–H and O–H groups in total. The molecule has 0 atom stereocenters. The first-order chi connectivity index (χ1) is 8.12. The maximum Gasteiger partial charge on any atom is 0.154 e. The second-order valence-electron chi connectivity index (χ2n) is 4.10. The van der Waals surface area contributed by atoms with Crippen molar-refractivity contribution in [1.82, 2.24) is 0 Å². The van der Waals surface area contributed by atoms with Crippen molar-refractivity contribution in [2.75, 3.05) is 20.3 Å². The first-order valence-electron chi connectivity index (χ1n) is 6.72. The van der Waals surface area contributed by atoms with Gasteiger partial charge < -0.3 is 14.5 Å². The smallest absolute Gasteiger partial charge is 0.154 e. The van der Waals surface area contributed by atoms with Crippen molar-refractivity contribution < 1.29 is 9.47 Å². The van der Waals surface area contributed by atoms with Gasteiger partial charge >= 0.3 is 0 Å². The molecule has 0 aromatic heterocycles. The summed E-state index contributed by atoms with van der Waals surface area (Å²) in [6.07, 6.45) is 5.49. The number of hydrogen-bond donors (Lipinski definition) is 0. The molecule has 0 saturated carbocycles. The van der Waals surface area contributed by atoms with E-state index in [-0.39, 0.29) is 13.7 Å². The van der Waals surface area contributed by atoms with Crippen LogP contribution in [0.15, 0.2) is 4.99 Å².